The molecule has 0 aromatic carbocycles. The molecule has 0 radical (unpaired) electrons. The molecule has 2 aliphatic rings. The second-order valence-electron chi connectivity index (χ2n) is 5.20. The van der Waals surface area contributed by atoms with E-state index < -0.39 is 0 Å². The largest absolute Gasteiger partial charge is 0.335 e. The van der Waals surface area contributed by atoms with Crippen molar-refractivity contribution >= 4 is 11.8 Å². The molecule has 1 N–H and O–H groups in total. The molecule has 1 aliphatic carbocycles. The van der Waals surface area contributed by atoms with Gasteiger partial charge in [-0.05, 0) is 19.3 Å². The van der Waals surface area contributed by atoms with Gasteiger partial charge in [0.2, 0.25) is 0 Å². The third kappa shape index (κ3) is 2.99. The summed E-state index contributed by atoms with van der Waals surface area (Å²) in [7, 11) is 0. The molecular weight excluding hydrogens is 216 g/mol. The maximum atomic E-state index is 12.0. The Kier molecular flexibility index (Phi) is 4.02. The average Bonchev–Trinajstić information content (AvgIpc) is 2.82. The van der Waals surface area contributed by atoms with Crippen LogP contribution < -0.4 is 5.32 Å². The molecule has 0 aromatic rings. The Bertz CT molecular complexity index is 298. The summed E-state index contributed by atoms with van der Waals surface area (Å²) in [5.74, 6) is 0.371. The fourth-order valence-corrected chi connectivity index (χ4v) is 2.79. The zero-order chi connectivity index (χ0) is 12.3. The van der Waals surface area contributed by atoms with Gasteiger partial charge in [0.1, 0.15) is 5.78 Å². The number of hydrogen-bond acceptors (Lipinski definition) is 2. The van der Waals surface area contributed by atoms with Gasteiger partial charge in [-0.25, -0.2) is 4.79 Å². The van der Waals surface area contributed by atoms with Crippen LogP contribution in [-0.4, -0.2) is 35.8 Å². The standard InChI is InChI=1S/C13H22N2O2/c1-2-10-9-15(8-7-12(10)16)13(17)14-11-5-3-4-6-11/h10-11H,2-9H2,1H3,(H,14,17). The molecule has 1 heterocycles. The lowest BCUT2D eigenvalue weighted by Gasteiger charge is -2.32. The Hall–Kier alpha value is -1.06. The Balaban J connectivity index is 1.84. The van der Waals surface area contributed by atoms with E-state index in [1.54, 1.807) is 0 Å². The highest BCUT2D eigenvalue weighted by Gasteiger charge is 2.29. The molecular formula is C13H22N2O2. The van der Waals surface area contributed by atoms with E-state index in [1.165, 1.54) is 12.8 Å². The van der Waals surface area contributed by atoms with Gasteiger partial charge in [-0.2, -0.15) is 0 Å². The van der Waals surface area contributed by atoms with Crippen LogP contribution in [0.1, 0.15) is 45.4 Å². The minimum absolute atomic E-state index is 0.0304. The molecule has 1 unspecified atom stereocenters. The third-order valence-corrected chi connectivity index (χ3v) is 3.99. The molecule has 2 amide bonds. The first-order valence-electron chi connectivity index (χ1n) is 6.79. The normalized spacial score (nSPS) is 26.3. The summed E-state index contributed by atoms with van der Waals surface area (Å²) in [6, 6.07) is 0.392. The van der Waals surface area contributed by atoms with Gasteiger partial charge < -0.3 is 10.2 Å². The number of nitrogens with one attached hydrogen (secondary N) is 1. The Morgan fingerprint density at radius 2 is 2.12 bits per heavy atom. The molecule has 1 atom stereocenters. The summed E-state index contributed by atoms with van der Waals surface area (Å²) in [6.45, 7) is 3.21. The summed E-state index contributed by atoms with van der Waals surface area (Å²) in [5, 5.41) is 3.08. The lowest BCUT2D eigenvalue weighted by molar-refractivity contribution is -0.125. The molecule has 4 heteroatoms. The molecule has 1 saturated carbocycles. The maximum Gasteiger partial charge on any atom is 0.317 e. The Morgan fingerprint density at radius 1 is 1.41 bits per heavy atom. The zero-order valence-electron chi connectivity index (χ0n) is 10.6. The van der Waals surface area contributed by atoms with Crippen molar-refractivity contribution in [3.63, 3.8) is 0 Å². The van der Waals surface area contributed by atoms with Crippen molar-refractivity contribution in [2.24, 2.45) is 5.92 Å². The van der Waals surface area contributed by atoms with Crippen molar-refractivity contribution in [3.05, 3.63) is 0 Å². The molecule has 2 rings (SSSR count). The molecule has 1 aliphatic heterocycles. The van der Waals surface area contributed by atoms with Crippen molar-refractivity contribution < 1.29 is 9.59 Å². The van der Waals surface area contributed by atoms with Crippen LogP contribution in [0.5, 0.6) is 0 Å². The number of urea groups is 1. The molecule has 17 heavy (non-hydrogen) atoms. The second kappa shape index (κ2) is 5.52. The fourth-order valence-electron chi connectivity index (χ4n) is 2.79. The van der Waals surface area contributed by atoms with Crippen molar-refractivity contribution in [1.82, 2.24) is 10.2 Å². The van der Waals surface area contributed by atoms with Gasteiger partial charge in [0.05, 0.1) is 0 Å². The lowest BCUT2D eigenvalue weighted by atomic mass is 9.94. The molecule has 4 nitrogen and oxygen atoms in total. The van der Waals surface area contributed by atoms with E-state index in [2.05, 4.69) is 5.32 Å². The van der Waals surface area contributed by atoms with Crippen molar-refractivity contribution in [1.29, 1.82) is 0 Å². The van der Waals surface area contributed by atoms with E-state index in [4.69, 9.17) is 0 Å². The number of ketones is 1. The van der Waals surface area contributed by atoms with E-state index >= 15 is 0 Å². The van der Waals surface area contributed by atoms with E-state index in [1.807, 2.05) is 11.8 Å². The number of carbonyl (C=O) groups excluding carboxylic acids is 2. The minimum Gasteiger partial charge on any atom is -0.335 e. The number of piperidine rings is 1. The highest BCUT2D eigenvalue weighted by molar-refractivity contribution is 5.84. The monoisotopic (exact) mass is 238 g/mol. The Labute approximate surface area is 103 Å². The molecule has 0 bridgehead atoms. The predicted octanol–water partition coefficient (Wildman–Crippen LogP) is 1.94. The number of carbonyl (C=O) groups is 2. The number of hydrogen-bond donors (Lipinski definition) is 1. The van der Waals surface area contributed by atoms with E-state index in [9.17, 15) is 9.59 Å². The topological polar surface area (TPSA) is 49.4 Å². The number of likely N-dealkylation sites (tertiary alicyclic amines) is 1. The van der Waals surface area contributed by atoms with Gasteiger partial charge in [0.25, 0.3) is 0 Å². The average molecular weight is 238 g/mol. The molecule has 96 valence electrons. The van der Waals surface area contributed by atoms with Crippen LogP contribution in [0.3, 0.4) is 0 Å². The lowest BCUT2D eigenvalue weighted by Crippen LogP contribution is -2.50. The van der Waals surface area contributed by atoms with Crippen LogP contribution in [0.15, 0.2) is 0 Å². The second-order valence-corrected chi connectivity index (χ2v) is 5.20. The summed E-state index contributed by atoms with van der Waals surface area (Å²) in [4.78, 5) is 25.4. The molecule has 0 spiro atoms. The van der Waals surface area contributed by atoms with E-state index in [0.717, 1.165) is 19.3 Å². The van der Waals surface area contributed by atoms with E-state index in [0.29, 0.717) is 31.3 Å². The van der Waals surface area contributed by atoms with Crippen LogP contribution in [-0.2, 0) is 4.79 Å². The number of rotatable bonds is 2. The first kappa shape index (κ1) is 12.4. The van der Waals surface area contributed by atoms with Gasteiger partial charge in [0, 0.05) is 31.5 Å². The zero-order valence-corrected chi connectivity index (χ0v) is 10.6. The first-order chi connectivity index (χ1) is 8.20. The van der Waals surface area contributed by atoms with Gasteiger partial charge in [-0.1, -0.05) is 19.8 Å². The van der Waals surface area contributed by atoms with Gasteiger partial charge in [-0.15, -0.1) is 0 Å². The predicted molar refractivity (Wildman–Crippen MR) is 65.8 cm³/mol. The van der Waals surface area contributed by atoms with E-state index in [-0.39, 0.29) is 11.9 Å². The Morgan fingerprint density at radius 3 is 2.76 bits per heavy atom. The molecule has 2 fully saturated rings. The smallest absolute Gasteiger partial charge is 0.317 e. The number of nitrogens with zero attached hydrogens (tertiary/aromatic N) is 1. The summed E-state index contributed by atoms with van der Waals surface area (Å²) < 4.78 is 0. The third-order valence-electron chi connectivity index (χ3n) is 3.99. The quantitative estimate of drug-likeness (QED) is 0.799. The van der Waals surface area contributed by atoms with Crippen LogP contribution in [0.4, 0.5) is 4.79 Å². The number of Topliss-reactive ketones (excluding diaryl/α,β-unsaturated/α-hetero) is 1. The maximum absolute atomic E-state index is 12.0. The van der Waals surface area contributed by atoms with Crippen molar-refractivity contribution in [2.75, 3.05) is 13.1 Å². The minimum atomic E-state index is 0.0304. The van der Waals surface area contributed by atoms with Crippen LogP contribution >= 0.6 is 0 Å². The van der Waals surface area contributed by atoms with Crippen molar-refractivity contribution in [2.45, 2.75) is 51.5 Å². The van der Waals surface area contributed by atoms with Crippen LogP contribution in [0, 0.1) is 5.92 Å². The summed E-state index contributed by atoms with van der Waals surface area (Å²) in [6.07, 6.45) is 6.02. The van der Waals surface area contributed by atoms with Crippen LogP contribution in [0.25, 0.3) is 0 Å². The summed E-state index contributed by atoms with van der Waals surface area (Å²) in [5.41, 5.74) is 0. The van der Waals surface area contributed by atoms with Gasteiger partial charge in [0.15, 0.2) is 0 Å². The number of amides is 2. The highest BCUT2D eigenvalue weighted by Crippen LogP contribution is 2.19. The van der Waals surface area contributed by atoms with Gasteiger partial charge in [-0.3, -0.25) is 4.79 Å². The molecule has 0 aromatic heterocycles. The van der Waals surface area contributed by atoms with Crippen molar-refractivity contribution in [3.8, 4) is 0 Å². The first-order valence-corrected chi connectivity index (χ1v) is 6.79. The highest BCUT2D eigenvalue weighted by atomic mass is 16.2. The summed E-state index contributed by atoms with van der Waals surface area (Å²) >= 11 is 0. The van der Waals surface area contributed by atoms with Gasteiger partial charge >= 0.3 is 6.03 Å². The fraction of sp³-hybridized carbons (Fsp3) is 0.846. The van der Waals surface area contributed by atoms with Crippen LogP contribution in [0.2, 0.25) is 0 Å². The SMILES string of the molecule is CCC1CN(C(=O)NC2CCCC2)CCC1=O. The molecule has 1 saturated heterocycles.